The Morgan fingerprint density at radius 2 is 1.88 bits per heavy atom. The van der Waals surface area contributed by atoms with Crippen molar-refractivity contribution in [2.24, 2.45) is 0 Å². The number of para-hydroxylation sites is 1. The van der Waals surface area contributed by atoms with E-state index >= 15 is 0 Å². The molecule has 5 rings (SSSR count). The first-order valence-corrected chi connectivity index (χ1v) is 12.8. The van der Waals surface area contributed by atoms with Crippen LogP contribution in [0.1, 0.15) is 23.2 Å². The number of hydrogen-bond donors (Lipinski definition) is 0. The Kier molecular flexibility index (Phi) is 5.52. The third-order valence-corrected chi connectivity index (χ3v) is 8.47. The second kappa shape index (κ2) is 8.34. The van der Waals surface area contributed by atoms with Crippen LogP contribution in [0.3, 0.4) is 0 Å². The summed E-state index contributed by atoms with van der Waals surface area (Å²) in [4.78, 5) is 30.5. The number of carbonyl (C=O) groups excluding carboxylic acids is 1. The summed E-state index contributed by atoms with van der Waals surface area (Å²) in [6, 6.07) is 13.4. The molecular formula is C22H21N3O5S2. The average Bonchev–Trinajstić information content (AvgIpc) is 3.37. The summed E-state index contributed by atoms with van der Waals surface area (Å²) in [6.45, 7) is 1.06. The smallest absolute Gasteiger partial charge is 0.269 e. The molecule has 1 atom stereocenters. The molecule has 0 spiro atoms. The Balaban J connectivity index is 1.41. The van der Waals surface area contributed by atoms with E-state index in [-0.39, 0.29) is 34.4 Å². The van der Waals surface area contributed by atoms with Crippen LogP contribution < -0.4 is 5.56 Å². The maximum Gasteiger partial charge on any atom is 0.269 e. The molecule has 3 aromatic rings. The summed E-state index contributed by atoms with van der Waals surface area (Å²) in [5, 5.41) is 1.02. The SMILES string of the molecule is O=C1c2ccccc2S(=O)(=O)N1CCSc1nc2ccccc2c(=O)n1C[C@@H]1CCCO1. The number of aromatic nitrogens is 2. The third-order valence-electron chi connectivity index (χ3n) is 5.67. The fraction of sp³-hybridized carbons (Fsp3) is 0.318. The highest BCUT2D eigenvalue weighted by atomic mass is 32.2. The third kappa shape index (κ3) is 3.62. The summed E-state index contributed by atoms with van der Waals surface area (Å²) in [5.41, 5.74) is 0.628. The van der Waals surface area contributed by atoms with Gasteiger partial charge in [0.25, 0.3) is 21.5 Å². The van der Waals surface area contributed by atoms with Gasteiger partial charge in [-0.2, -0.15) is 0 Å². The van der Waals surface area contributed by atoms with E-state index in [4.69, 9.17) is 4.74 Å². The number of thioether (sulfide) groups is 1. The molecule has 166 valence electrons. The van der Waals surface area contributed by atoms with Crippen LogP contribution >= 0.6 is 11.8 Å². The maximum absolute atomic E-state index is 13.2. The van der Waals surface area contributed by atoms with Gasteiger partial charge in [-0.15, -0.1) is 0 Å². The Bertz CT molecular complexity index is 1360. The molecular weight excluding hydrogens is 450 g/mol. The van der Waals surface area contributed by atoms with Crippen LogP contribution in [0.15, 0.2) is 63.4 Å². The van der Waals surface area contributed by atoms with E-state index < -0.39 is 15.9 Å². The number of nitrogens with zero attached hydrogens (tertiary/aromatic N) is 3. The number of carbonyl (C=O) groups is 1. The minimum absolute atomic E-state index is 0.0108. The Morgan fingerprint density at radius 1 is 1.09 bits per heavy atom. The number of ether oxygens (including phenoxy) is 1. The monoisotopic (exact) mass is 471 g/mol. The highest BCUT2D eigenvalue weighted by Crippen LogP contribution is 2.30. The summed E-state index contributed by atoms with van der Waals surface area (Å²) in [5.74, 6) is -0.251. The van der Waals surface area contributed by atoms with Crippen molar-refractivity contribution in [3.05, 3.63) is 64.4 Å². The zero-order chi connectivity index (χ0) is 22.3. The fourth-order valence-corrected chi connectivity index (χ4v) is 6.70. The number of fused-ring (bicyclic) bond motifs is 2. The molecule has 0 saturated carbocycles. The van der Waals surface area contributed by atoms with Crippen molar-refractivity contribution in [1.82, 2.24) is 13.9 Å². The second-order valence-corrected chi connectivity index (χ2v) is 10.6. The lowest BCUT2D eigenvalue weighted by Gasteiger charge is -2.18. The van der Waals surface area contributed by atoms with Gasteiger partial charge in [-0.3, -0.25) is 14.2 Å². The molecule has 2 aromatic carbocycles. The maximum atomic E-state index is 13.2. The van der Waals surface area contributed by atoms with Crippen molar-refractivity contribution in [3.8, 4) is 0 Å². The summed E-state index contributed by atoms with van der Waals surface area (Å²) >= 11 is 1.27. The van der Waals surface area contributed by atoms with Gasteiger partial charge in [0.1, 0.15) is 4.90 Å². The molecule has 0 bridgehead atoms. The van der Waals surface area contributed by atoms with Gasteiger partial charge in [-0.05, 0) is 37.1 Å². The van der Waals surface area contributed by atoms with Crippen molar-refractivity contribution < 1.29 is 17.9 Å². The molecule has 1 aromatic heterocycles. The van der Waals surface area contributed by atoms with Gasteiger partial charge in [-0.1, -0.05) is 36.0 Å². The Morgan fingerprint density at radius 3 is 2.66 bits per heavy atom. The minimum Gasteiger partial charge on any atom is -0.376 e. The first-order chi connectivity index (χ1) is 15.5. The second-order valence-electron chi connectivity index (χ2n) is 7.69. The first-order valence-electron chi connectivity index (χ1n) is 10.4. The number of benzene rings is 2. The largest absolute Gasteiger partial charge is 0.376 e. The van der Waals surface area contributed by atoms with Crippen molar-refractivity contribution >= 4 is 38.6 Å². The molecule has 1 amide bonds. The van der Waals surface area contributed by atoms with Crippen molar-refractivity contribution in [3.63, 3.8) is 0 Å². The van der Waals surface area contributed by atoms with E-state index in [1.54, 1.807) is 34.9 Å². The normalized spacial score (nSPS) is 19.6. The van der Waals surface area contributed by atoms with Gasteiger partial charge in [0.05, 0.1) is 29.1 Å². The summed E-state index contributed by atoms with van der Waals surface area (Å²) in [6.07, 6.45) is 1.78. The molecule has 0 unspecified atom stereocenters. The molecule has 8 nitrogen and oxygen atoms in total. The van der Waals surface area contributed by atoms with Gasteiger partial charge in [-0.25, -0.2) is 17.7 Å². The van der Waals surface area contributed by atoms with Gasteiger partial charge in [0.2, 0.25) is 0 Å². The van der Waals surface area contributed by atoms with Crippen LogP contribution in [0.25, 0.3) is 10.9 Å². The molecule has 0 aliphatic carbocycles. The van der Waals surface area contributed by atoms with Gasteiger partial charge in [0, 0.05) is 18.9 Å². The van der Waals surface area contributed by atoms with Gasteiger partial charge >= 0.3 is 0 Å². The highest BCUT2D eigenvalue weighted by Gasteiger charge is 2.40. The average molecular weight is 472 g/mol. The van der Waals surface area contributed by atoms with Gasteiger partial charge in [0.15, 0.2) is 5.16 Å². The standard InChI is InChI=1S/C22H21N3O5S2/c26-20-16-7-1-3-9-18(16)23-22(24(20)14-15-6-5-12-30-15)31-13-11-25-21(27)17-8-2-4-10-19(17)32(25,28)29/h1-4,7-10,15H,5-6,11-14H2/t15-/m0/s1. The van der Waals surface area contributed by atoms with Crippen LogP contribution in [0.4, 0.5) is 0 Å². The van der Waals surface area contributed by atoms with E-state index in [1.165, 1.54) is 23.9 Å². The van der Waals surface area contributed by atoms with E-state index in [9.17, 15) is 18.0 Å². The quantitative estimate of drug-likeness (QED) is 0.402. The number of hydrogen-bond acceptors (Lipinski definition) is 7. The Labute approximate surface area is 189 Å². The minimum atomic E-state index is -3.86. The van der Waals surface area contributed by atoms with Gasteiger partial charge < -0.3 is 4.74 Å². The lowest BCUT2D eigenvalue weighted by Crippen LogP contribution is -2.32. The van der Waals surface area contributed by atoms with E-state index in [0.717, 1.165) is 17.1 Å². The fourth-order valence-electron chi connectivity index (χ4n) is 4.08. The molecule has 1 saturated heterocycles. The van der Waals surface area contributed by atoms with E-state index in [1.807, 2.05) is 6.07 Å². The lowest BCUT2D eigenvalue weighted by molar-refractivity contribution is 0.0876. The Hall–Kier alpha value is -2.69. The molecule has 2 aliphatic rings. The first kappa shape index (κ1) is 21.2. The summed E-state index contributed by atoms with van der Waals surface area (Å²) < 4.78 is 33.8. The highest BCUT2D eigenvalue weighted by molar-refractivity contribution is 7.99. The lowest BCUT2D eigenvalue weighted by atomic mass is 10.2. The zero-order valence-electron chi connectivity index (χ0n) is 17.1. The van der Waals surface area contributed by atoms with Crippen LogP contribution in [0, 0.1) is 0 Å². The topological polar surface area (TPSA) is 98.6 Å². The van der Waals surface area contributed by atoms with E-state index in [2.05, 4.69) is 4.98 Å². The predicted octanol–water partition coefficient (Wildman–Crippen LogP) is 2.51. The van der Waals surface area contributed by atoms with Crippen LogP contribution in [-0.2, 0) is 21.3 Å². The van der Waals surface area contributed by atoms with Crippen LogP contribution in [-0.4, -0.2) is 53.2 Å². The number of rotatable bonds is 6. The molecule has 2 aliphatic heterocycles. The summed E-state index contributed by atoms with van der Waals surface area (Å²) in [7, 11) is -3.86. The molecule has 1 fully saturated rings. The number of amides is 1. The van der Waals surface area contributed by atoms with Crippen molar-refractivity contribution in [2.45, 2.75) is 35.5 Å². The molecule has 10 heteroatoms. The molecule has 32 heavy (non-hydrogen) atoms. The zero-order valence-corrected chi connectivity index (χ0v) is 18.8. The van der Waals surface area contributed by atoms with Crippen molar-refractivity contribution in [1.29, 1.82) is 0 Å². The molecule has 0 N–H and O–H groups in total. The number of sulfonamides is 1. The van der Waals surface area contributed by atoms with Crippen LogP contribution in [0.2, 0.25) is 0 Å². The predicted molar refractivity (Wildman–Crippen MR) is 120 cm³/mol. The van der Waals surface area contributed by atoms with E-state index in [0.29, 0.717) is 29.2 Å². The molecule has 3 heterocycles. The van der Waals surface area contributed by atoms with Crippen LogP contribution in [0.5, 0.6) is 0 Å². The van der Waals surface area contributed by atoms with Crippen molar-refractivity contribution in [2.75, 3.05) is 18.9 Å². The molecule has 0 radical (unpaired) electrons.